The van der Waals surface area contributed by atoms with Crippen molar-refractivity contribution < 1.29 is 55.7 Å². The zero-order valence-electron chi connectivity index (χ0n) is 24.8. The van der Waals surface area contributed by atoms with Crippen LogP contribution in [0.1, 0.15) is 5.56 Å². The average Bonchev–Trinajstić information content (AvgIpc) is 3.03. The van der Waals surface area contributed by atoms with Crippen LogP contribution in [0, 0.1) is 0 Å². The predicted octanol–water partition coefficient (Wildman–Crippen LogP) is 6.19. The Kier molecular flexibility index (Phi) is 16.5. The Bertz CT molecular complexity index is 1420. The smallest absolute Gasteiger partial charge is 0.475 e. The van der Waals surface area contributed by atoms with Crippen LogP contribution in [0.5, 0.6) is 11.5 Å². The molecule has 1 unspecified atom stereocenters. The zero-order valence-corrected chi connectivity index (χ0v) is 25.7. The number of nitrogens with one attached hydrogen (secondary N) is 1. The molecule has 3 rings (SSSR count). The molecular weight excluding hydrogens is 650 g/mol. The Morgan fingerprint density at radius 2 is 1.40 bits per heavy atom. The lowest BCUT2D eigenvalue weighted by Gasteiger charge is -2.27. The second-order valence-electron chi connectivity index (χ2n) is 9.06. The molecule has 0 aromatic heterocycles. The lowest BCUT2D eigenvalue weighted by Crippen LogP contribution is -2.34. The third-order valence-corrected chi connectivity index (χ3v) is 7.39. The molecule has 0 spiro atoms. The van der Waals surface area contributed by atoms with E-state index in [0.717, 1.165) is 0 Å². The highest BCUT2D eigenvalue weighted by Gasteiger charge is 2.43. The monoisotopic (exact) mass is 683 g/mol. The number of halogens is 3. The number of benzene rings is 3. The molecule has 0 saturated carbocycles. The number of aliphatic carboxylic acids is 1. The summed E-state index contributed by atoms with van der Waals surface area (Å²) < 4.78 is 74.2. The van der Waals surface area contributed by atoms with Crippen molar-refractivity contribution >= 4 is 25.3 Å². The van der Waals surface area contributed by atoms with Crippen LogP contribution in [-0.4, -0.2) is 68.7 Å². The number of rotatable bonds is 17. The predicted molar refractivity (Wildman–Crippen MR) is 164 cm³/mol. The van der Waals surface area contributed by atoms with Crippen molar-refractivity contribution in [3.05, 3.63) is 101 Å². The molecule has 3 aromatic carbocycles. The molecule has 47 heavy (non-hydrogen) atoms. The van der Waals surface area contributed by atoms with Crippen molar-refractivity contribution in [1.82, 2.24) is 5.32 Å². The summed E-state index contributed by atoms with van der Waals surface area (Å²) in [4.78, 5) is 24.3. The van der Waals surface area contributed by atoms with Crippen LogP contribution in [0.3, 0.4) is 0 Å². The molecule has 0 aliphatic carbocycles. The first-order valence-corrected chi connectivity index (χ1v) is 15.4. The number of ether oxygens (including phenoxy) is 3. The van der Waals surface area contributed by atoms with E-state index in [0.29, 0.717) is 36.0 Å². The highest BCUT2D eigenvalue weighted by Crippen LogP contribution is 2.54. The number of alkyl carbamates (subject to hydrolysis) is 1. The van der Waals surface area contributed by atoms with E-state index in [1.165, 1.54) is 0 Å². The molecule has 0 aliphatic heterocycles. The molecule has 14 nitrogen and oxygen atoms in total. The molecule has 254 valence electrons. The van der Waals surface area contributed by atoms with Crippen LogP contribution in [0.25, 0.3) is 10.4 Å². The maximum absolute atomic E-state index is 14.4. The maximum atomic E-state index is 14.4. The molecule has 0 heterocycles. The summed E-state index contributed by atoms with van der Waals surface area (Å²) in [5.41, 5.74) is 15.3. The number of alkyl halides is 3. The fraction of sp³-hybridized carbons (Fsp3) is 0.310. The highest BCUT2D eigenvalue weighted by molar-refractivity contribution is 7.55. The minimum Gasteiger partial charge on any atom is -0.475 e. The van der Waals surface area contributed by atoms with E-state index in [9.17, 15) is 22.5 Å². The molecule has 1 amide bonds. The fourth-order valence-corrected chi connectivity index (χ4v) is 5.09. The normalized spacial score (nSPS) is 11.6. The third-order valence-electron chi connectivity index (χ3n) is 5.47. The summed E-state index contributed by atoms with van der Waals surface area (Å²) in [7, 11) is -4.16. The summed E-state index contributed by atoms with van der Waals surface area (Å²) >= 11 is 0. The number of nitrogen functional groups attached to an aromatic ring is 1. The van der Waals surface area contributed by atoms with Crippen LogP contribution in [0.15, 0.2) is 90.0 Å². The second-order valence-corrected chi connectivity index (χ2v) is 11.1. The number of hydrogen-bond acceptors (Lipinski definition) is 10. The van der Waals surface area contributed by atoms with Crippen LogP contribution in [0.2, 0.25) is 0 Å². The number of carbonyl (C=O) groups is 2. The van der Waals surface area contributed by atoms with Crippen molar-refractivity contribution in [3.63, 3.8) is 0 Å². The number of azide groups is 1. The van der Waals surface area contributed by atoms with Gasteiger partial charge in [-0.05, 0) is 47.5 Å². The van der Waals surface area contributed by atoms with Gasteiger partial charge in [0.15, 0.2) is 0 Å². The van der Waals surface area contributed by atoms with Gasteiger partial charge in [-0.1, -0.05) is 53.6 Å². The molecule has 4 N–H and O–H groups in total. The first-order chi connectivity index (χ1) is 22.4. The summed E-state index contributed by atoms with van der Waals surface area (Å²) in [5, 5.41) is 13.1. The Morgan fingerprint density at radius 3 is 1.89 bits per heavy atom. The summed E-state index contributed by atoms with van der Waals surface area (Å²) in [6.45, 7) is 1.46. The van der Waals surface area contributed by atoms with E-state index in [4.69, 9.17) is 44.4 Å². The second kappa shape index (κ2) is 20.2. The van der Waals surface area contributed by atoms with E-state index in [1.54, 1.807) is 84.9 Å². The summed E-state index contributed by atoms with van der Waals surface area (Å²) in [6, 6.07) is 24.0. The fourth-order valence-electron chi connectivity index (χ4n) is 3.33. The Hall–Kier alpha value is -4.95. The van der Waals surface area contributed by atoms with Gasteiger partial charge in [-0.15, -0.1) is 0 Å². The minimum atomic E-state index is -5.08. The van der Waals surface area contributed by atoms with Gasteiger partial charge in [-0.3, -0.25) is 0 Å². The highest BCUT2D eigenvalue weighted by atomic mass is 31.2. The molecule has 3 aromatic rings. The number of amides is 1. The molecule has 0 saturated heterocycles. The van der Waals surface area contributed by atoms with Crippen molar-refractivity contribution in [1.29, 1.82) is 0 Å². The summed E-state index contributed by atoms with van der Waals surface area (Å²) in [6.07, 6.45) is -5.86. The van der Waals surface area contributed by atoms with Crippen LogP contribution >= 0.6 is 7.60 Å². The number of carbonyl (C=O) groups excluding carboxylic acids is 1. The number of hydrogen-bond donors (Lipinski definition) is 3. The van der Waals surface area contributed by atoms with Gasteiger partial charge in [0.2, 0.25) is 5.85 Å². The standard InChI is InChI=1S/C27H32N5O7P.C2HF3O2/c28-23-13-11-22(12-14-23)21-26(37-27(33)30-15-17-35-19-20-36-18-16-31-32-29)40(34,38-24-7-3-1-4-8-24)39-25-9-5-2-6-10-25;3-2(4,5)1(6)7/h1-14,26H,15-21,28H2,(H,30,33);(H,6,7). The van der Waals surface area contributed by atoms with Gasteiger partial charge in [0.05, 0.1) is 26.4 Å². The lowest BCUT2D eigenvalue weighted by molar-refractivity contribution is -0.192. The van der Waals surface area contributed by atoms with Gasteiger partial charge in [-0.25, -0.2) is 14.2 Å². The third kappa shape index (κ3) is 15.7. The topological polar surface area (TPSA) is 204 Å². The molecule has 18 heteroatoms. The Labute approximate surface area is 267 Å². The van der Waals surface area contributed by atoms with Gasteiger partial charge in [0.1, 0.15) is 11.5 Å². The molecule has 0 bridgehead atoms. The largest absolute Gasteiger partial charge is 0.490 e. The van der Waals surface area contributed by atoms with Crippen molar-refractivity contribution in [2.24, 2.45) is 5.11 Å². The van der Waals surface area contributed by atoms with E-state index in [2.05, 4.69) is 15.3 Å². The van der Waals surface area contributed by atoms with Crippen LogP contribution in [-0.2, 0) is 30.0 Å². The van der Waals surface area contributed by atoms with Crippen LogP contribution < -0.4 is 20.1 Å². The number of para-hydroxylation sites is 2. The number of anilines is 1. The van der Waals surface area contributed by atoms with Gasteiger partial charge < -0.3 is 39.4 Å². The van der Waals surface area contributed by atoms with Crippen LogP contribution in [0.4, 0.5) is 23.7 Å². The average molecular weight is 684 g/mol. The maximum Gasteiger partial charge on any atom is 0.490 e. The number of nitrogens with zero attached hydrogens (tertiary/aromatic N) is 3. The number of carboxylic acid groups (broad SMARTS) is 1. The Morgan fingerprint density at radius 1 is 0.894 bits per heavy atom. The first-order valence-electron chi connectivity index (χ1n) is 13.8. The molecule has 0 radical (unpaired) electrons. The van der Waals surface area contributed by atoms with Gasteiger partial charge in [0.25, 0.3) is 0 Å². The lowest BCUT2D eigenvalue weighted by atomic mass is 10.1. The Balaban J connectivity index is 0.000000984. The number of carboxylic acids is 1. The van der Waals surface area contributed by atoms with E-state index in [1.807, 2.05) is 0 Å². The molecule has 0 aliphatic rings. The zero-order chi connectivity index (χ0) is 34.5. The quantitative estimate of drug-likeness (QED) is 0.0367. The van der Waals surface area contributed by atoms with E-state index >= 15 is 0 Å². The van der Waals surface area contributed by atoms with Gasteiger partial charge >= 0.3 is 25.8 Å². The molecule has 0 fully saturated rings. The van der Waals surface area contributed by atoms with Crippen molar-refractivity contribution in [2.45, 2.75) is 18.4 Å². The SMILES string of the molecule is O=C(O)C(F)(F)F.[N-]=[N+]=NCCOCCOCCNC(=O)OC(Cc1ccc(N)cc1)P(=O)(Oc1ccccc1)Oc1ccccc1. The molecule has 1 atom stereocenters. The van der Waals surface area contributed by atoms with Crippen molar-refractivity contribution in [2.75, 3.05) is 45.3 Å². The van der Waals surface area contributed by atoms with Gasteiger partial charge in [-0.2, -0.15) is 13.2 Å². The molecular formula is C29H33F3N5O9P. The van der Waals surface area contributed by atoms with Crippen molar-refractivity contribution in [3.8, 4) is 11.5 Å². The number of nitrogens with two attached hydrogens (primary N) is 1. The van der Waals surface area contributed by atoms with Gasteiger partial charge in [0, 0.05) is 30.1 Å². The first kappa shape index (κ1) is 38.2. The van der Waals surface area contributed by atoms with E-state index < -0.39 is 31.7 Å². The summed E-state index contributed by atoms with van der Waals surface area (Å²) in [5.74, 6) is -3.47. The minimum absolute atomic E-state index is 0.0360. The van der Waals surface area contributed by atoms with E-state index in [-0.39, 0.29) is 32.7 Å².